The molecule has 1 amide bonds. The van der Waals surface area contributed by atoms with Gasteiger partial charge in [0.15, 0.2) is 6.10 Å². The lowest BCUT2D eigenvalue weighted by molar-refractivity contribution is -0.127. The van der Waals surface area contributed by atoms with Crippen LogP contribution in [0.1, 0.15) is 5.56 Å². The summed E-state index contributed by atoms with van der Waals surface area (Å²) >= 11 is 1.67. The Bertz CT molecular complexity index is 583. The van der Waals surface area contributed by atoms with Crippen LogP contribution in [0.2, 0.25) is 0 Å². The molecule has 2 N–H and O–H groups in total. The number of thiophene rings is 1. The average molecular weight is 288 g/mol. The highest BCUT2D eigenvalue weighted by atomic mass is 32.1. The van der Waals surface area contributed by atoms with Gasteiger partial charge in [-0.25, -0.2) is 0 Å². The first-order valence-corrected chi connectivity index (χ1v) is 7.55. The topological polar surface area (TPSA) is 50.4 Å². The van der Waals surface area contributed by atoms with Gasteiger partial charge in [0, 0.05) is 6.54 Å². The molecule has 4 nitrogen and oxygen atoms in total. The van der Waals surface area contributed by atoms with Gasteiger partial charge in [0.25, 0.3) is 5.91 Å². The van der Waals surface area contributed by atoms with Crippen molar-refractivity contribution in [2.75, 3.05) is 18.4 Å². The first-order valence-electron chi connectivity index (χ1n) is 6.61. The zero-order chi connectivity index (χ0) is 13.8. The molecule has 1 aromatic carbocycles. The maximum Gasteiger partial charge on any atom is 0.262 e. The molecule has 0 aliphatic carbocycles. The van der Waals surface area contributed by atoms with Crippen molar-refractivity contribution in [3.8, 4) is 5.75 Å². The Morgan fingerprint density at radius 2 is 2.30 bits per heavy atom. The molecule has 5 heteroatoms. The quantitative estimate of drug-likeness (QED) is 0.907. The van der Waals surface area contributed by atoms with Gasteiger partial charge < -0.3 is 15.4 Å². The maximum atomic E-state index is 12.1. The molecule has 104 valence electrons. The summed E-state index contributed by atoms with van der Waals surface area (Å²) in [6.07, 6.45) is 0.388. The number of ether oxygens (including phenoxy) is 1. The molecule has 3 rings (SSSR count). The second kappa shape index (κ2) is 5.96. The lowest BCUT2D eigenvalue weighted by Crippen LogP contribution is -2.45. The number of benzene rings is 1. The number of nitrogens with one attached hydrogen (secondary N) is 2. The Balaban J connectivity index is 1.51. The number of carbonyl (C=O) groups is 1. The Morgan fingerprint density at radius 1 is 1.40 bits per heavy atom. The third-order valence-electron chi connectivity index (χ3n) is 3.22. The van der Waals surface area contributed by atoms with Gasteiger partial charge in [0.1, 0.15) is 5.75 Å². The lowest BCUT2D eigenvalue weighted by atomic mass is 10.2. The van der Waals surface area contributed by atoms with Crippen molar-refractivity contribution in [2.24, 2.45) is 0 Å². The van der Waals surface area contributed by atoms with Crippen LogP contribution in [0.5, 0.6) is 5.75 Å². The Kier molecular flexibility index (Phi) is 3.87. The van der Waals surface area contributed by atoms with E-state index in [0.717, 1.165) is 17.9 Å². The van der Waals surface area contributed by atoms with E-state index in [4.69, 9.17) is 4.74 Å². The van der Waals surface area contributed by atoms with Gasteiger partial charge in [-0.05, 0) is 40.9 Å². The van der Waals surface area contributed by atoms with Crippen LogP contribution >= 0.6 is 11.3 Å². The normalized spacial score (nSPS) is 16.7. The maximum absolute atomic E-state index is 12.1. The number of para-hydroxylation sites is 2. The van der Waals surface area contributed by atoms with E-state index in [1.165, 1.54) is 5.56 Å². The number of hydrogen-bond donors (Lipinski definition) is 2. The Morgan fingerprint density at radius 3 is 3.15 bits per heavy atom. The molecule has 1 atom stereocenters. The third-order valence-corrected chi connectivity index (χ3v) is 3.95. The lowest BCUT2D eigenvalue weighted by Gasteiger charge is -2.26. The van der Waals surface area contributed by atoms with Crippen LogP contribution in [-0.2, 0) is 11.2 Å². The highest BCUT2D eigenvalue weighted by Crippen LogP contribution is 2.28. The standard InChI is InChI=1S/C15H16N2O2S/c18-15(16-7-5-11-6-8-20-10-11)14-9-17-12-3-1-2-4-13(12)19-14/h1-4,6,8,10,14,17H,5,7,9H2,(H,16,18). The molecule has 0 fully saturated rings. The van der Waals surface area contributed by atoms with Crippen LogP contribution in [0.4, 0.5) is 5.69 Å². The average Bonchev–Trinajstić information content (AvgIpc) is 3.00. The molecule has 2 aromatic rings. The first kappa shape index (κ1) is 13.0. The third kappa shape index (κ3) is 2.93. The van der Waals surface area contributed by atoms with Gasteiger partial charge in [-0.2, -0.15) is 11.3 Å². The summed E-state index contributed by atoms with van der Waals surface area (Å²) in [5, 5.41) is 10.3. The van der Waals surface area contributed by atoms with Crippen molar-refractivity contribution in [3.05, 3.63) is 46.7 Å². The van der Waals surface area contributed by atoms with Crippen molar-refractivity contribution < 1.29 is 9.53 Å². The van der Waals surface area contributed by atoms with E-state index in [1.54, 1.807) is 11.3 Å². The largest absolute Gasteiger partial charge is 0.477 e. The van der Waals surface area contributed by atoms with Gasteiger partial charge in [-0.15, -0.1) is 0 Å². The molecule has 0 radical (unpaired) electrons. The van der Waals surface area contributed by atoms with Crippen LogP contribution in [0.3, 0.4) is 0 Å². The van der Waals surface area contributed by atoms with Gasteiger partial charge >= 0.3 is 0 Å². The second-order valence-corrected chi connectivity index (χ2v) is 5.44. The molecule has 1 aliphatic rings. The van der Waals surface area contributed by atoms with E-state index in [9.17, 15) is 4.79 Å². The molecule has 0 bridgehead atoms. The number of carbonyl (C=O) groups excluding carboxylic acids is 1. The SMILES string of the molecule is O=C(NCCc1ccsc1)C1CNc2ccccc2O1. The van der Waals surface area contributed by atoms with Gasteiger partial charge in [-0.1, -0.05) is 12.1 Å². The molecule has 20 heavy (non-hydrogen) atoms. The summed E-state index contributed by atoms with van der Waals surface area (Å²) in [6.45, 7) is 1.14. The van der Waals surface area contributed by atoms with E-state index in [-0.39, 0.29) is 5.91 Å². The summed E-state index contributed by atoms with van der Waals surface area (Å²) in [4.78, 5) is 12.1. The van der Waals surface area contributed by atoms with Crippen molar-refractivity contribution in [1.82, 2.24) is 5.32 Å². The van der Waals surface area contributed by atoms with Crippen LogP contribution in [0.25, 0.3) is 0 Å². The van der Waals surface area contributed by atoms with Crippen molar-refractivity contribution in [1.29, 1.82) is 0 Å². The number of hydrogen-bond acceptors (Lipinski definition) is 4. The first-order chi connectivity index (χ1) is 9.83. The molecule has 0 saturated carbocycles. The van der Waals surface area contributed by atoms with Gasteiger partial charge in [0.2, 0.25) is 0 Å². The molecule has 0 saturated heterocycles. The molecule has 1 unspecified atom stereocenters. The van der Waals surface area contributed by atoms with Gasteiger partial charge in [0.05, 0.1) is 12.2 Å². The summed E-state index contributed by atoms with van der Waals surface area (Å²) < 4.78 is 5.71. The zero-order valence-electron chi connectivity index (χ0n) is 11.0. The molecular formula is C15H16N2O2S. The number of fused-ring (bicyclic) bond motifs is 1. The van der Waals surface area contributed by atoms with E-state index in [2.05, 4.69) is 22.1 Å². The van der Waals surface area contributed by atoms with Crippen LogP contribution in [-0.4, -0.2) is 25.1 Å². The highest BCUT2D eigenvalue weighted by Gasteiger charge is 2.25. The summed E-state index contributed by atoms with van der Waals surface area (Å²) in [6, 6.07) is 9.73. The molecule has 2 heterocycles. The van der Waals surface area contributed by atoms with Crippen LogP contribution in [0.15, 0.2) is 41.1 Å². The van der Waals surface area contributed by atoms with Crippen LogP contribution < -0.4 is 15.4 Å². The van der Waals surface area contributed by atoms with E-state index >= 15 is 0 Å². The van der Waals surface area contributed by atoms with Crippen molar-refractivity contribution in [2.45, 2.75) is 12.5 Å². The minimum Gasteiger partial charge on any atom is -0.477 e. The zero-order valence-corrected chi connectivity index (χ0v) is 11.8. The van der Waals surface area contributed by atoms with E-state index in [0.29, 0.717) is 13.1 Å². The minimum atomic E-state index is -0.465. The van der Waals surface area contributed by atoms with E-state index in [1.807, 2.05) is 29.6 Å². The smallest absolute Gasteiger partial charge is 0.262 e. The molecular weight excluding hydrogens is 272 g/mol. The van der Waals surface area contributed by atoms with Crippen LogP contribution in [0, 0.1) is 0 Å². The second-order valence-electron chi connectivity index (χ2n) is 4.66. The summed E-state index contributed by atoms with van der Waals surface area (Å²) in [7, 11) is 0. The highest BCUT2D eigenvalue weighted by molar-refractivity contribution is 7.07. The van der Waals surface area contributed by atoms with Gasteiger partial charge in [-0.3, -0.25) is 4.79 Å². The predicted octanol–water partition coefficient (Wildman–Crippen LogP) is 2.28. The predicted molar refractivity (Wildman–Crippen MR) is 80.4 cm³/mol. The molecule has 1 aromatic heterocycles. The number of amides is 1. The van der Waals surface area contributed by atoms with Crippen molar-refractivity contribution in [3.63, 3.8) is 0 Å². The fraction of sp³-hybridized carbons (Fsp3) is 0.267. The number of rotatable bonds is 4. The van der Waals surface area contributed by atoms with Crippen molar-refractivity contribution >= 4 is 22.9 Å². The fourth-order valence-corrected chi connectivity index (χ4v) is 2.84. The van der Waals surface area contributed by atoms with E-state index < -0.39 is 6.10 Å². The minimum absolute atomic E-state index is 0.0674. The summed E-state index contributed by atoms with van der Waals surface area (Å²) in [5.41, 5.74) is 2.19. The Labute approximate surface area is 121 Å². The molecule has 1 aliphatic heterocycles. The molecule has 0 spiro atoms. The monoisotopic (exact) mass is 288 g/mol. The number of anilines is 1. The fourth-order valence-electron chi connectivity index (χ4n) is 2.14. The Hall–Kier alpha value is -2.01. The summed E-state index contributed by atoms with van der Waals surface area (Å²) in [5.74, 6) is 0.666.